The summed E-state index contributed by atoms with van der Waals surface area (Å²) in [6.07, 6.45) is 1.74. The average Bonchev–Trinajstić information content (AvgIpc) is 2.01. The maximum Gasteiger partial charge on any atom is 0.313 e. The van der Waals surface area contributed by atoms with E-state index in [1.807, 2.05) is 20.1 Å². The Labute approximate surface area is 83.2 Å². The molecule has 0 saturated carbocycles. The zero-order valence-corrected chi connectivity index (χ0v) is 9.15. The van der Waals surface area contributed by atoms with E-state index in [9.17, 15) is 9.59 Å². The van der Waals surface area contributed by atoms with Gasteiger partial charge < -0.3 is 4.74 Å². The van der Waals surface area contributed by atoms with Crippen molar-refractivity contribution in [2.45, 2.75) is 20.3 Å². The minimum Gasteiger partial charge on any atom is -0.465 e. The van der Waals surface area contributed by atoms with Crippen molar-refractivity contribution >= 4 is 23.5 Å². The normalized spacial score (nSPS) is 10.2. The number of carbonyl (C=O) groups excluding carboxylic acids is 2. The molecule has 0 fully saturated rings. The summed E-state index contributed by atoms with van der Waals surface area (Å²) in [4.78, 5) is 22.0. The molecule has 0 aromatic rings. The van der Waals surface area contributed by atoms with E-state index in [1.54, 1.807) is 0 Å². The highest BCUT2D eigenvalue weighted by molar-refractivity contribution is 7.99. The molecular weight excluding hydrogens is 188 g/mol. The average molecular weight is 204 g/mol. The fraction of sp³-hybridized carbons (Fsp3) is 0.778. The second-order valence-electron chi connectivity index (χ2n) is 3.23. The first-order valence-electron chi connectivity index (χ1n) is 4.22. The lowest BCUT2D eigenvalue weighted by Crippen LogP contribution is -2.15. The van der Waals surface area contributed by atoms with Crippen LogP contribution in [-0.4, -0.2) is 30.4 Å². The van der Waals surface area contributed by atoms with E-state index in [0.29, 0.717) is 18.3 Å². The summed E-state index contributed by atoms with van der Waals surface area (Å²) in [5.74, 6) is 0.227. The lowest BCUT2D eigenvalue weighted by molar-refractivity contribution is -0.146. The molecule has 0 amide bonds. The zero-order valence-electron chi connectivity index (χ0n) is 8.33. The molecule has 0 aliphatic rings. The van der Waals surface area contributed by atoms with Crippen LogP contribution in [0.2, 0.25) is 0 Å². The second kappa shape index (κ2) is 6.95. The molecule has 0 aliphatic heterocycles. The number of hydrogen-bond acceptors (Lipinski definition) is 4. The summed E-state index contributed by atoms with van der Waals surface area (Å²) in [6, 6.07) is 0. The number of rotatable bonds is 6. The Morgan fingerprint density at radius 1 is 1.38 bits per heavy atom. The fourth-order valence-corrected chi connectivity index (χ4v) is 1.11. The molecule has 4 heteroatoms. The molecule has 0 saturated heterocycles. The number of ketones is 1. The lowest BCUT2D eigenvalue weighted by Gasteiger charge is -2.05. The number of carbonyl (C=O) groups is 2. The summed E-state index contributed by atoms with van der Waals surface area (Å²) in [5, 5.41) is 0. The van der Waals surface area contributed by atoms with Crippen molar-refractivity contribution in [3.05, 3.63) is 0 Å². The van der Waals surface area contributed by atoms with Crippen molar-refractivity contribution in [2.75, 3.05) is 18.6 Å². The molecule has 0 rings (SSSR count). The van der Waals surface area contributed by atoms with E-state index in [4.69, 9.17) is 4.74 Å². The van der Waals surface area contributed by atoms with Crippen molar-refractivity contribution in [2.24, 2.45) is 5.92 Å². The monoisotopic (exact) mass is 204 g/mol. The van der Waals surface area contributed by atoms with E-state index < -0.39 is 5.97 Å². The number of thioether (sulfide) groups is 1. The maximum absolute atomic E-state index is 11.0. The van der Waals surface area contributed by atoms with Crippen molar-refractivity contribution in [3.63, 3.8) is 0 Å². The van der Waals surface area contributed by atoms with Gasteiger partial charge in [0, 0.05) is 0 Å². The molecule has 0 aromatic heterocycles. The van der Waals surface area contributed by atoms with Crippen LogP contribution in [0.3, 0.4) is 0 Å². The van der Waals surface area contributed by atoms with Crippen LogP contribution in [0, 0.1) is 5.92 Å². The van der Waals surface area contributed by atoms with Gasteiger partial charge in [-0.25, -0.2) is 0 Å². The Bertz CT molecular complexity index is 178. The summed E-state index contributed by atoms with van der Waals surface area (Å²) in [5.41, 5.74) is 0. The van der Waals surface area contributed by atoms with Crippen LogP contribution in [0.1, 0.15) is 20.3 Å². The van der Waals surface area contributed by atoms with E-state index in [2.05, 4.69) is 0 Å². The number of esters is 1. The molecule has 76 valence electrons. The van der Waals surface area contributed by atoms with Gasteiger partial charge in [-0.1, -0.05) is 13.8 Å². The molecule has 0 spiro atoms. The largest absolute Gasteiger partial charge is 0.465 e. The van der Waals surface area contributed by atoms with Gasteiger partial charge in [0.2, 0.25) is 0 Å². The van der Waals surface area contributed by atoms with Crippen molar-refractivity contribution in [1.29, 1.82) is 0 Å². The van der Waals surface area contributed by atoms with E-state index in [0.717, 1.165) is 0 Å². The van der Waals surface area contributed by atoms with E-state index >= 15 is 0 Å². The Balaban J connectivity index is 3.56. The van der Waals surface area contributed by atoms with Crippen LogP contribution in [0.5, 0.6) is 0 Å². The van der Waals surface area contributed by atoms with Gasteiger partial charge in [-0.3, -0.25) is 9.59 Å². The molecule has 0 aliphatic carbocycles. The predicted octanol–water partition coefficient (Wildman–Crippen LogP) is 1.51. The number of ether oxygens (including phenoxy) is 1. The van der Waals surface area contributed by atoms with Gasteiger partial charge in [-0.2, -0.15) is 11.8 Å². The van der Waals surface area contributed by atoms with Gasteiger partial charge in [-0.05, 0) is 12.2 Å². The summed E-state index contributed by atoms with van der Waals surface area (Å²) >= 11 is 1.42. The number of hydrogen-bond donors (Lipinski definition) is 0. The molecule has 0 heterocycles. The van der Waals surface area contributed by atoms with Crippen LogP contribution in [-0.2, 0) is 14.3 Å². The third-order valence-corrected chi connectivity index (χ3v) is 1.84. The summed E-state index contributed by atoms with van der Waals surface area (Å²) in [6.45, 7) is 4.30. The molecule has 0 atom stereocenters. The van der Waals surface area contributed by atoms with E-state index in [-0.39, 0.29) is 12.2 Å². The SMILES string of the molecule is CSCC(=O)CC(=O)OCC(C)C. The second-order valence-corrected chi connectivity index (χ2v) is 4.09. The van der Waals surface area contributed by atoms with Crippen molar-refractivity contribution < 1.29 is 14.3 Å². The number of Topliss-reactive ketones (excluding diaryl/α,β-unsaturated/α-hetero) is 1. The first-order chi connectivity index (χ1) is 6.06. The van der Waals surface area contributed by atoms with Crippen LogP contribution < -0.4 is 0 Å². The minimum absolute atomic E-state index is 0.0683. The summed E-state index contributed by atoms with van der Waals surface area (Å²) in [7, 11) is 0. The first kappa shape index (κ1) is 12.5. The van der Waals surface area contributed by atoms with Crippen molar-refractivity contribution in [1.82, 2.24) is 0 Å². The molecule has 0 radical (unpaired) electrons. The Morgan fingerprint density at radius 2 is 2.00 bits per heavy atom. The topological polar surface area (TPSA) is 43.4 Å². The zero-order chi connectivity index (χ0) is 10.3. The first-order valence-corrected chi connectivity index (χ1v) is 5.62. The molecule has 0 unspecified atom stereocenters. The predicted molar refractivity (Wildman–Crippen MR) is 53.8 cm³/mol. The third-order valence-electron chi connectivity index (χ3n) is 1.22. The Hall–Kier alpha value is -0.510. The highest BCUT2D eigenvalue weighted by Gasteiger charge is 2.10. The van der Waals surface area contributed by atoms with Crippen LogP contribution in [0.4, 0.5) is 0 Å². The molecule has 13 heavy (non-hydrogen) atoms. The van der Waals surface area contributed by atoms with Gasteiger partial charge in [0.05, 0.1) is 12.4 Å². The van der Waals surface area contributed by atoms with E-state index in [1.165, 1.54) is 11.8 Å². The summed E-state index contributed by atoms with van der Waals surface area (Å²) < 4.78 is 4.85. The molecule has 0 N–H and O–H groups in total. The fourth-order valence-electron chi connectivity index (χ4n) is 0.684. The molecule has 0 aromatic carbocycles. The third kappa shape index (κ3) is 7.84. The standard InChI is InChI=1S/C9H16O3S/c1-7(2)5-12-9(11)4-8(10)6-13-3/h7H,4-6H2,1-3H3. The quantitative estimate of drug-likeness (QED) is 0.486. The van der Waals surface area contributed by atoms with Gasteiger partial charge in [0.1, 0.15) is 6.42 Å². The lowest BCUT2D eigenvalue weighted by atomic mass is 10.2. The maximum atomic E-state index is 11.0. The van der Waals surface area contributed by atoms with Crippen molar-refractivity contribution in [3.8, 4) is 0 Å². The molecule has 3 nitrogen and oxygen atoms in total. The molecule has 0 bridgehead atoms. The van der Waals surface area contributed by atoms with Gasteiger partial charge in [-0.15, -0.1) is 0 Å². The molecular formula is C9H16O3S. The highest BCUT2D eigenvalue weighted by Crippen LogP contribution is 1.99. The van der Waals surface area contributed by atoms with Gasteiger partial charge in [0.25, 0.3) is 0 Å². The highest BCUT2D eigenvalue weighted by atomic mass is 32.2. The smallest absolute Gasteiger partial charge is 0.313 e. The van der Waals surface area contributed by atoms with Gasteiger partial charge in [0.15, 0.2) is 5.78 Å². The minimum atomic E-state index is -0.409. The Morgan fingerprint density at radius 3 is 2.46 bits per heavy atom. The van der Waals surface area contributed by atoms with Crippen LogP contribution in [0.25, 0.3) is 0 Å². The van der Waals surface area contributed by atoms with Crippen LogP contribution in [0.15, 0.2) is 0 Å². The van der Waals surface area contributed by atoms with Gasteiger partial charge >= 0.3 is 5.97 Å². The van der Waals surface area contributed by atoms with Crippen LogP contribution >= 0.6 is 11.8 Å². The Kier molecular flexibility index (Phi) is 6.68.